The van der Waals surface area contributed by atoms with Crippen molar-refractivity contribution in [1.29, 1.82) is 0 Å². The van der Waals surface area contributed by atoms with Crippen LogP contribution in [-0.4, -0.2) is 39.9 Å². The van der Waals surface area contributed by atoms with Gasteiger partial charge in [-0.2, -0.15) is 0 Å². The molecule has 0 aliphatic carbocycles. The van der Waals surface area contributed by atoms with Gasteiger partial charge in [0.05, 0.1) is 5.69 Å². The van der Waals surface area contributed by atoms with E-state index in [9.17, 15) is 4.79 Å². The van der Waals surface area contributed by atoms with Gasteiger partial charge in [0.25, 0.3) is 5.91 Å². The van der Waals surface area contributed by atoms with Crippen molar-refractivity contribution in [3.8, 4) is 0 Å². The number of unbranched alkanes of at least 4 members (excludes halogenated alkanes) is 2. The average Bonchev–Trinajstić information content (AvgIpc) is 2.82. The molecule has 1 aromatic heterocycles. The van der Waals surface area contributed by atoms with Crippen LogP contribution in [0.1, 0.15) is 54.4 Å². The highest BCUT2D eigenvalue weighted by atomic mass is 35.5. The van der Waals surface area contributed by atoms with Crippen LogP contribution in [-0.2, 0) is 0 Å². The second-order valence-corrected chi connectivity index (χ2v) is 5.75. The Balaban J connectivity index is 2.55. The molecule has 0 saturated carbocycles. The van der Waals surface area contributed by atoms with E-state index in [-0.39, 0.29) is 11.8 Å². The Kier molecular flexibility index (Phi) is 6.57. The smallest absolute Gasteiger partial charge is 0.267 e. The lowest BCUT2D eigenvalue weighted by Gasteiger charge is -2.16. The van der Waals surface area contributed by atoms with E-state index in [1.807, 2.05) is 20.9 Å². The van der Waals surface area contributed by atoms with Crippen molar-refractivity contribution in [2.45, 2.75) is 39.0 Å². The normalized spacial score (nSPS) is 10.9. The minimum Gasteiger partial charge on any atom is -0.341 e. The first-order valence-electron chi connectivity index (χ1n) is 6.21. The van der Waals surface area contributed by atoms with Gasteiger partial charge in [-0.1, -0.05) is 24.8 Å². The molecule has 4 nitrogen and oxygen atoms in total. The number of carbonyl (C=O) groups is 1. The Bertz CT molecular complexity index is 381. The fraction of sp³-hybridized carbons (Fsp3) is 0.750. The molecule has 102 valence electrons. The van der Waals surface area contributed by atoms with Gasteiger partial charge < -0.3 is 4.90 Å². The first kappa shape index (κ1) is 15.4. The van der Waals surface area contributed by atoms with Gasteiger partial charge >= 0.3 is 0 Å². The van der Waals surface area contributed by atoms with Gasteiger partial charge in [-0.25, -0.2) is 0 Å². The largest absolute Gasteiger partial charge is 0.341 e. The second-order valence-electron chi connectivity index (χ2n) is 4.62. The zero-order chi connectivity index (χ0) is 13.5. The van der Waals surface area contributed by atoms with Crippen LogP contribution in [0.5, 0.6) is 0 Å². The summed E-state index contributed by atoms with van der Waals surface area (Å²) < 4.78 is 3.88. The molecule has 0 atom stereocenters. The van der Waals surface area contributed by atoms with Crippen LogP contribution >= 0.6 is 23.1 Å². The number of carbonyl (C=O) groups excluding carboxylic acids is 1. The zero-order valence-corrected chi connectivity index (χ0v) is 12.7. The number of hydrogen-bond donors (Lipinski definition) is 0. The van der Waals surface area contributed by atoms with Gasteiger partial charge in [-0.3, -0.25) is 4.79 Å². The van der Waals surface area contributed by atoms with Gasteiger partial charge in [0, 0.05) is 19.5 Å². The van der Waals surface area contributed by atoms with Crippen LogP contribution in [0.2, 0.25) is 0 Å². The van der Waals surface area contributed by atoms with E-state index in [4.69, 9.17) is 11.6 Å². The topological polar surface area (TPSA) is 46.1 Å². The van der Waals surface area contributed by atoms with Crippen molar-refractivity contribution in [1.82, 2.24) is 14.5 Å². The Morgan fingerprint density at radius 3 is 2.72 bits per heavy atom. The van der Waals surface area contributed by atoms with E-state index in [1.54, 1.807) is 4.90 Å². The van der Waals surface area contributed by atoms with Crippen molar-refractivity contribution >= 4 is 29.0 Å². The van der Waals surface area contributed by atoms with E-state index < -0.39 is 0 Å². The van der Waals surface area contributed by atoms with Crippen LogP contribution in [0.3, 0.4) is 0 Å². The summed E-state index contributed by atoms with van der Waals surface area (Å²) in [5, 5.41) is 4.03. The van der Waals surface area contributed by atoms with E-state index in [2.05, 4.69) is 9.59 Å². The lowest BCUT2D eigenvalue weighted by Crippen LogP contribution is -2.28. The summed E-state index contributed by atoms with van der Waals surface area (Å²) in [7, 11) is 1.83. The molecule has 1 aromatic rings. The van der Waals surface area contributed by atoms with Gasteiger partial charge in [0.15, 0.2) is 0 Å². The number of amides is 1. The summed E-state index contributed by atoms with van der Waals surface area (Å²) >= 11 is 6.81. The Labute approximate surface area is 117 Å². The molecular formula is C12H20ClN3OS. The molecule has 0 radical (unpaired) electrons. The molecule has 0 unspecified atom stereocenters. The highest BCUT2D eigenvalue weighted by Gasteiger charge is 2.21. The molecular weight excluding hydrogens is 270 g/mol. The fourth-order valence-electron chi connectivity index (χ4n) is 1.62. The molecule has 18 heavy (non-hydrogen) atoms. The third-order valence-corrected chi connectivity index (χ3v) is 3.73. The van der Waals surface area contributed by atoms with Crippen molar-refractivity contribution in [2.75, 3.05) is 19.5 Å². The molecule has 6 heteroatoms. The summed E-state index contributed by atoms with van der Waals surface area (Å²) in [5.74, 6) is 0.945. The summed E-state index contributed by atoms with van der Waals surface area (Å²) in [4.78, 5) is 14.6. The molecule has 0 aromatic carbocycles. The van der Waals surface area contributed by atoms with Crippen molar-refractivity contribution in [3.63, 3.8) is 0 Å². The summed E-state index contributed by atoms with van der Waals surface area (Å²) in [6, 6.07) is 0. The van der Waals surface area contributed by atoms with E-state index in [0.717, 1.165) is 31.5 Å². The number of hydrogen-bond acceptors (Lipinski definition) is 4. The highest BCUT2D eigenvalue weighted by Crippen LogP contribution is 2.21. The zero-order valence-electron chi connectivity index (χ0n) is 11.1. The lowest BCUT2D eigenvalue weighted by atomic mass is 10.1. The Morgan fingerprint density at radius 2 is 2.11 bits per heavy atom. The molecule has 1 amide bonds. The molecule has 0 bridgehead atoms. The average molecular weight is 290 g/mol. The molecule has 1 heterocycles. The third kappa shape index (κ3) is 4.21. The van der Waals surface area contributed by atoms with Crippen molar-refractivity contribution < 1.29 is 4.79 Å². The molecule has 0 spiro atoms. The SMILES string of the molecule is CC(C)c1nnsc1C(=O)N(C)CCCCCCl. The number of nitrogens with zero attached hydrogens (tertiary/aromatic N) is 3. The number of rotatable bonds is 7. The molecule has 0 aliphatic heterocycles. The standard InChI is InChI=1S/C12H20ClN3OS/c1-9(2)10-11(18-15-14-10)12(17)16(3)8-6-4-5-7-13/h9H,4-8H2,1-3H3. The predicted molar refractivity (Wildman–Crippen MR) is 75.5 cm³/mol. The Hall–Kier alpha value is -0.680. The van der Waals surface area contributed by atoms with E-state index >= 15 is 0 Å². The van der Waals surface area contributed by atoms with Crippen molar-refractivity contribution in [2.24, 2.45) is 0 Å². The molecule has 1 rings (SSSR count). The molecule has 0 saturated heterocycles. The maximum absolute atomic E-state index is 12.2. The minimum absolute atomic E-state index is 0.0274. The Morgan fingerprint density at radius 1 is 1.39 bits per heavy atom. The molecule has 0 N–H and O–H groups in total. The minimum atomic E-state index is 0.0274. The van der Waals surface area contributed by atoms with Crippen LogP contribution in [0.4, 0.5) is 0 Å². The highest BCUT2D eigenvalue weighted by molar-refractivity contribution is 7.08. The van der Waals surface area contributed by atoms with Crippen molar-refractivity contribution in [3.05, 3.63) is 10.6 Å². The quantitative estimate of drug-likeness (QED) is 0.572. The van der Waals surface area contributed by atoms with Gasteiger partial charge in [-0.05, 0) is 30.3 Å². The van der Waals surface area contributed by atoms with E-state index in [1.165, 1.54) is 11.5 Å². The summed E-state index contributed by atoms with van der Waals surface area (Å²) in [6.45, 7) is 4.80. The van der Waals surface area contributed by atoms with Gasteiger partial charge in [0.2, 0.25) is 0 Å². The van der Waals surface area contributed by atoms with Gasteiger partial charge in [0.1, 0.15) is 4.88 Å². The van der Waals surface area contributed by atoms with Crippen LogP contribution in [0, 0.1) is 0 Å². The molecule has 0 aliphatic rings. The summed E-state index contributed by atoms with van der Waals surface area (Å²) in [6.07, 6.45) is 3.04. The predicted octanol–water partition coefficient (Wildman–Crippen LogP) is 3.14. The number of aromatic nitrogens is 2. The molecule has 0 fully saturated rings. The maximum atomic E-state index is 12.2. The van der Waals surface area contributed by atoms with E-state index in [0.29, 0.717) is 10.8 Å². The van der Waals surface area contributed by atoms with Crippen LogP contribution < -0.4 is 0 Å². The first-order chi connectivity index (χ1) is 8.57. The summed E-state index contributed by atoms with van der Waals surface area (Å²) in [5.41, 5.74) is 0.803. The monoisotopic (exact) mass is 289 g/mol. The lowest BCUT2D eigenvalue weighted by molar-refractivity contribution is 0.0796. The van der Waals surface area contributed by atoms with Crippen LogP contribution in [0.15, 0.2) is 0 Å². The second kappa shape index (κ2) is 7.69. The maximum Gasteiger partial charge on any atom is 0.267 e. The first-order valence-corrected chi connectivity index (χ1v) is 7.52. The van der Waals surface area contributed by atoms with Crippen LogP contribution in [0.25, 0.3) is 0 Å². The fourth-order valence-corrected chi connectivity index (χ4v) is 2.62. The third-order valence-electron chi connectivity index (χ3n) is 2.73. The van der Waals surface area contributed by atoms with Gasteiger partial charge in [-0.15, -0.1) is 16.7 Å². The number of halogens is 1. The number of alkyl halides is 1.